The maximum absolute atomic E-state index is 11.7. The zero-order chi connectivity index (χ0) is 12.2. The summed E-state index contributed by atoms with van der Waals surface area (Å²) in [6.45, 7) is 8.08. The first kappa shape index (κ1) is 13.9. The normalized spacial score (nSPS) is 23.3. The highest BCUT2D eigenvalue weighted by atomic mass is 32.2. The number of hydrogen-bond acceptors (Lipinski definition) is 3. The second-order valence-corrected chi connectivity index (χ2v) is 7.12. The van der Waals surface area contributed by atoms with Crippen molar-refractivity contribution in [3.05, 3.63) is 0 Å². The van der Waals surface area contributed by atoms with Crippen LogP contribution in [0, 0.1) is 5.41 Å². The predicted octanol–water partition coefficient (Wildman–Crippen LogP) is 1.09. The monoisotopic (exact) mass is 248 g/mol. The fraction of sp³-hybridized carbons (Fsp3) is 1.00. The molecule has 0 bridgehead atoms. The standard InChI is InChI=1S/C11H24N2O2S/c1-4-12-7-5-6-8-16(14,15)13-10-9-11(10,2)3/h10,12-13H,4-9H2,1-3H3. The summed E-state index contributed by atoms with van der Waals surface area (Å²) < 4.78 is 26.1. The van der Waals surface area contributed by atoms with Crippen molar-refractivity contribution in [3.63, 3.8) is 0 Å². The molecule has 0 spiro atoms. The molecule has 1 unspecified atom stereocenters. The van der Waals surface area contributed by atoms with Crippen molar-refractivity contribution in [3.8, 4) is 0 Å². The van der Waals surface area contributed by atoms with E-state index in [0.29, 0.717) is 0 Å². The largest absolute Gasteiger partial charge is 0.317 e. The van der Waals surface area contributed by atoms with E-state index in [1.54, 1.807) is 0 Å². The van der Waals surface area contributed by atoms with E-state index in [9.17, 15) is 8.42 Å². The topological polar surface area (TPSA) is 58.2 Å². The van der Waals surface area contributed by atoms with Gasteiger partial charge in [0.05, 0.1) is 5.75 Å². The van der Waals surface area contributed by atoms with Crippen LogP contribution >= 0.6 is 0 Å². The summed E-state index contributed by atoms with van der Waals surface area (Å²) in [5, 5.41) is 3.19. The van der Waals surface area contributed by atoms with Gasteiger partial charge in [0.1, 0.15) is 0 Å². The second kappa shape index (κ2) is 5.47. The molecule has 0 saturated heterocycles. The first-order valence-electron chi connectivity index (χ1n) is 6.08. The third-order valence-corrected chi connectivity index (χ3v) is 4.57. The van der Waals surface area contributed by atoms with E-state index >= 15 is 0 Å². The van der Waals surface area contributed by atoms with Gasteiger partial charge >= 0.3 is 0 Å². The molecule has 1 atom stereocenters. The van der Waals surface area contributed by atoms with Crippen LogP contribution in [0.5, 0.6) is 0 Å². The second-order valence-electron chi connectivity index (χ2n) is 5.24. The van der Waals surface area contributed by atoms with Gasteiger partial charge in [-0.2, -0.15) is 0 Å². The molecular formula is C11H24N2O2S. The van der Waals surface area contributed by atoms with Gasteiger partial charge in [0.2, 0.25) is 10.0 Å². The Morgan fingerprint density at radius 3 is 2.44 bits per heavy atom. The molecule has 16 heavy (non-hydrogen) atoms. The SMILES string of the molecule is CCNCCCCS(=O)(=O)NC1CC1(C)C. The summed E-state index contributed by atoms with van der Waals surface area (Å²) in [5.74, 6) is 0.255. The van der Waals surface area contributed by atoms with Gasteiger partial charge in [0.25, 0.3) is 0 Å². The van der Waals surface area contributed by atoms with Crippen LogP contribution in [0.2, 0.25) is 0 Å². The third-order valence-electron chi connectivity index (χ3n) is 3.10. The van der Waals surface area contributed by atoms with Crippen LogP contribution in [0.3, 0.4) is 0 Å². The third kappa shape index (κ3) is 4.80. The van der Waals surface area contributed by atoms with Crippen LogP contribution in [-0.4, -0.2) is 33.3 Å². The lowest BCUT2D eigenvalue weighted by molar-refractivity contribution is 0.551. The Bertz CT molecular complexity index is 312. The van der Waals surface area contributed by atoms with Crippen molar-refractivity contribution in [1.29, 1.82) is 0 Å². The van der Waals surface area contributed by atoms with Gasteiger partial charge in [-0.1, -0.05) is 20.8 Å². The highest BCUT2D eigenvalue weighted by Crippen LogP contribution is 2.44. The maximum atomic E-state index is 11.7. The molecule has 0 aromatic carbocycles. The smallest absolute Gasteiger partial charge is 0.211 e. The lowest BCUT2D eigenvalue weighted by atomic mass is 10.2. The number of hydrogen-bond donors (Lipinski definition) is 2. The minimum Gasteiger partial charge on any atom is -0.317 e. The summed E-state index contributed by atoms with van der Waals surface area (Å²) in [7, 11) is -3.05. The molecule has 0 amide bonds. The highest BCUT2D eigenvalue weighted by molar-refractivity contribution is 7.89. The molecule has 96 valence electrons. The van der Waals surface area contributed by atoms with E-state index < -0.39 is 10.0 Å². The van der Waals surface area contributed by atoms with E-state index in [1.165, 1.54) is 0 Å². The summed E-state index contributed by atoms with van der Waals surface area (Å²) in [6, 6.07) is 0.159. The average Bonchev–Trinajstić information content (AvgIpc) is 2.72. The lowest BCUT2D eigenvalue weighted by Gasteiger charge is -2.08. The molecule has 1 aliphatic carbocycles. The zero-order valence-corrected chi connectivity index (χ0v) is 11.4. The van der Waals surface area contributed by atoms with Crippen LogP contribution in [0.15, 0.2) is 0 Å². The summed E-state index contributed by atoms with van der Waals surface area (Å²) in [4.78, 5) is 0. The maximum Gasteiger partial charge on any atom is 0.211 e. The molecule has 0 aliphatic heterocycles. The van der Waals surface area contributed by atoms with Crippen molar-refractivity contribution >= 4 is 10.0 Å². The summed E-state index contributed by atoms with van der Waals surface area (Å²) in [6.07, 6.45) is 2.61. The Balaban J connectivity index is 2.15. The van der Waals surface area contributed by atoms with Crippen LogP contribution in [0.25, 0.3) is 0 Å². The molecule has 0 heterocycles. The fourth-order valence-electron chi connectivity index (χ4n) is 1.66. The van der Waals surface area contributed by atoms with Crippen molar-refractivity contribution in [2.75, 3.05) is 18.8 Å². The first-order valence-corrected chi connectivity index (χ1v) is 7.73. The van der Waals surface area contributed by atoms with Gasteiger partial charge in [-0.05, 0) is 37.8 Å². The van der Waals surface area contributed by atoms with E-state index in [4.69, 9.17) is 0 Å². The van der Waals surface area contributed by atoms with Crippen LogP contribution in [0.1, 0.15) is 40.0 Å². The van der Waals surface area contributed by atoms with Crippen molar-refractivity contribution in [2.24, 2.45) is 5.41 Å². The molecule has 0 aromatic heterocycles. The van der Waals surface area contributed by atoms with E-state index in [-0.39, 0.29) is 17.2 Å². The zero-order valence-electron chi connectivity index (χ0n) is 10.5. The Kier molecular flexibility index (Phi) is 4.76. The Labute approximate surface area is 99.2 Å². The molecule has 2 N–H and O–H groups in total. The number of sulfonamides is 1. The molecular weight excluding hydrogens is 224 g/mol. The van der Waals surface area contributed by atoms with E-state index in [1.807, 2.05) is 6.92 Å². The van der Waals surface area contributed by atoms with Crippen molar-refractivity contribution < 1.29 is 8.42 Å². The molecule has 1 saturated carbocycles. The van der Waals surface area contributed by atoms with Crippen molar-refractivity contribution in [2.45, 2.75) is 46.1 Å². The van der Waals surface area contributed by atoms with Gasteiger partial charge in [0, 0.05) is 6.04 Å². The van der Waals surface area contributed by atoms with Crippen LogP contribution in [0.4, 0.5) is 0 Å². The highest BCUT2D eigenvalue weighted by Gasteiger charge is 2.47. The first-order chi connectivity index (χ1) is 7.37. The van der Waals surface area contributed by atoms with Crippen LogP contribution in [-0.2, 0) is 10.0 Å². The molecule has 5 heteroatoms. The van der Waals surface area contributed by atoms with E-state index in [2.05, 4.69) is 23.9 Å². The molecule has 1 fully saturated rings. The minimum atomic E-state index is -3.05. The van der Waals surface area contributed by atoms with Crippen molar-refractivity contribution in [1.82, 2.24) is 10.0 Å². The molecule has 0 radical (unpaired) electrons. The molecule has 1 rings (SSSR count). The van der Waals surface area contributed by atoms with Gasteiger partial charge in [-0.3, -0.25) is 0 Å². The minimum absolute atomic E-state index is 0.159. The predicted molar refractivity (Wildman–Crippen MR) is 66.9 cm³/mol. The summed E-state index contributed by atoms with van der Waals surface area (Å²) in [5.41, 5.74) is 0.164. The Morgan fingerprint density at radius 2 is 1.94 bits per heavy atom. The molecule has 4 nitrogen and oxygen atoms in total. The Morgan fingerprint density at radius 1 is 1.31 bits per heavy atom. The summed E-state index contributed by atoms with van der Waals surface area (Å²) >= 11 is 0. The number of rotatable bonds is 8. The molecule has 0 aromatic rings. The van der Waals surface area contributed by atoms with Gasteiger partial charge in [-0.25, -0.2) is 13.1 Å². The van der Waals surface area contributed by atoms with Crippen LogP contribution < -0.4 is 10.0 Å². The Hall–Kier alpha value is -0.130. The van der Waals surface area contributed by atoms with Gasteiger partial charge in [0.15, 0.2) is 0 Å². The van der Waals surface area contributed by atoms with E-state index in [0.717, 1.165) is 32.4 Å². The average molecular weight is 248 g/mol. The quantitative estimate of drug-likeness (QED) is 0.632. The number of unbranched alkanes of at least 4 members (excludes halogenated alkanes) is 1. The lowest BCUT2D eigenvalue weighted by Crippen LogP contribution is -2.31. The van der Waals surface area contributed by atoms with Gasteiger partial charge < -0.3 is 5.32 Å². The molecule has 1 aliphatic rings. The van der Waals surface area contributed by atoms with Gasteiger partial charge in [-0.15, -0.1) is 0 Å². The fourth-order valence-corrected chi connectivity index (χ4v) is 3.20. The number of nitrogens with one attached hydrogen (secondary N) is 2.